The molecule has 2 unspecified atom stereocenters. The van der Waals surface area contributed by atoms with E-state index < -0.39 is 97.5 Å². The molecule has 17 nitrogen and oxygen atoms in total. The van der Waals surface area contributed by atoms with Gasteiger partial charge in [-0.3, -0.25) is 37.3 Å². The topological polar surface area (TPSA) is 237 Å². The van der Waals surface area contributed by atoms with Crippen LogP contribution >= 0.6 is 15.6 Å². The number of hydrogen-bond acceptors (Lipinski definition) is 15. The van der Waals surface area contributed by atoms with Crippen LogP contribution in [0.5, 0.6) is 0 Å². The number of esters is 4. The Morgan fingerprint density at radius 1 is 0.281 bits per heavy atom. The summed E-state index contributed by atoms with van der Waals surface area (Å²) in [6.07, 6.45) is 60.2. The van der Waals surface area contributed by atoms with Crippen molar-refractivity contribution in [3.63, 3.8) is 0 Å². The van der Waals surface area contributed by atoms with E-state index >= 15 is 0 Å². The molecule has 96 heavy (non-hydrogen) atoms. The van der Waals surface area contributed by atoms with Crippen LogP contribution in [0, 0.1) is 5.92 Å². The summed E-state index contributed by atoms with van der Waals surface area (Å²) < 4.78 is 68.3. The molecule has 0 saturated carbocycles. The van der Waals surface area contributed by atoms with Gasteiger partial charge in [0, 0.05) is 25.7 Å². The third-order valence-corrected chi connectivity index (χ3v) is 19.9. The molecule has 0 aromatic carbocycles. The van der Waals surface area contributed by atoms with Crippen molar-refractivity contribution in [2.24, 2.45) is 5.92 Å². The molecule has 0 aliphatic carbocycles. The predicted octanol–water partition coefficient (Wildman–Crippen LogP) is 22.9. The number of carbonyl (C=O) groups is 4. The Bertz CT molecular complexity index is 1840. The molecule has 19 heteroatoms. The van der Waals surface area contributed by atoms with Crippen molar-refractivity contribution < 1.29 is 80.2 Å². The van der Waals surface area contributed by atoms with Crippen molar-refractivity contribution in [2.75, 3.05) is 39.6 Å². The van der Waals surface area contributed by atoms with Crippen LogP contribution < -0.4 is 0 Å². The molecule has 570 valence electrons. The maximum atomic E-state index is 13.1. The Hall–Kier alpha value is -1.94. The van der Waals surface area contributed by atoms with Crippen LogP contribution in [0.2, 0.25) is 0 Å². The standard InChI is InChI=1S/C77H150O17P2/c1-6-9-12-15-17-19-21-23-24-25-26-27-28-29-30-31-36-40-44-48-53-58-63-77(82)94-73(67-88-75(80)61-56-51-46-42-39-35-33-32-34-37-41-45-50-54-59-70(4)5)69-92-96(85,86)90-65-71(78)64-89-95(83,84)91-68-72(66-87-74(79)60-55-49-14-11-8-3)93-76(81)62-57-52-47-43-38-22-20-18-16-13-10-7-2/h70-73,78H,6-69H2,1-5H3,(H,83,84)(H,85,86)/t71-,72+,73+/m0/s1. The molecule has 0 saturated heterocycles. The molecule has 5 atom stereocenters. The van der Waals surface area contributed by atoms with Gasteiger partial charge in [-0.05, 0) is 31.6 Å². The van der Waals surface area contributed by atoms with Crippen LogP contribution in [-0.4, -0.2) is 96.7 Å². The Morgan fingerprint density at radius 2 is 0.479 bits per heavy atom. The maximum Gasteiger partial charge on any atom is 0.472 e. The lowest BCUT2D eigenvalue weighted by atomic mass is 10.0. The SMILES string of the molecule is CCCCCCCCCCCCCCCCCCCCCCCCC(=O)O[C@H](COC(=O)CCCCCCCCCCCCCCCCC(C)C)COP(=O)(O)OC[C@@H](O)COP(=O)(O)OC[C@@H](COC(=O)CCCCCCC)OC(=O)CCCCCCCCCCCCCC. The molecule has 0 aromatic heterocycles. The van der Waals surface area contributed by atoms with E-state index in [0.29, 0.717) is 25.7 Å². The van der Waals surface area contributed by atoms with Gasteiger partial charge in [-0.2, -0.15) is 0 Å². The molecule has 0 aromatic rings. The van der Waals surface area contributed by atoms with Crippen LogP contribution in [-0.2, 0) is 65.4 Å². The third-order valence-electron chi connectivity index (χ3n) is 18.0. The van der Waals surface area contributed by atoms with Gasteiger partial charge in [0.2, 0.25) is 0 Å². The molecule has 0 heterocycles. The summed E-state index contributed by atoms with van der Waals surface area (Å²) >= 11 is 0. The zero-order chi connectivity index (χ0) is 70.5. The predicted molar refractivity (Wildman–Crippen MR) is 391 cm³/mol. The fourth-order valence-corrected chi connectivity index (χ4v) is 13.5. The monoisotopic (exact) mass is 1410 g/mol. The Kier molecular flexibility index (Phi) is 68.7. The van der Waals surface area contributed by atoms with E-state index in [0.717, 1.165) is 102 Å². The average molecular weight is 1410 g/mol. The first-order chi connectivity index (χ1) is 46.5. The first kappa shape index (κ1) is 94.1. The smallest absolute Gasteiger partial charge is 0.462 e. The molecule has 0 aliphatic heterocycles. The van der Waals surface area contributed by atoms with Crippen molar-refractivity contribution in [1.29, 1.82) is 0 Å². The van der Waals surface area contributed by atoms with E-state index in [1.54, 1.807) is 0 Å². The van der Waals surface area contributed by atoms with Crippen LogP contribution in [0.15, 0.2) is 0 Å². The zero-order valence-corrected chi connectivity index (χ0v) is 64.3. The maximum absolute atomic E-state index is 13.1. The molecular formula is C77H150O17P2. The van der Waals surface area contributed by atoms with Gasteiger partial charge in [0.05, 0.1) is 26.4 Å². The summed E-state index contributed by atoms with van der Waals surface area (Å²) in [6.45, 7) is 7.23. The molecule has 0 amide bonds. The summed E-state index contributed by atoms with van der Waals surface area (Å²) in [4.78, 5) is 72.5. The number of hydrogen-bond donors (Lipinski definition) is 3. The lowest BCUT2D eigenvalue weighted by molar-refractivity contribution is -0.161. The lowest BCUT2D eigenvalue weighted by Crippen LogP contribution is -2.30. The summed E-state index contributed by atoms with van der Waals surface area (Å²) in [5, 5.41) is 10.6. The second-order valence-electron chi connectivity index (χ2n) is 28.2. The highest BCUT2D eigenvalue weighted by Gasteiger charge is 2.30. The number of rotatable bonds is 77. The van der Waals surface area contributed by atoms with Gasteiger partial charge >= 0.3 is 39.5 Å². The van der Waals surface area contributed by atoms with Crippen molar-refractivity contribution in [2.45, 2.75) is 425 Å². The number of phosphoric acid groups is 2. The molecule has 0 rings (SSSR count). The number of unbranched alkanes of at least 4 members (excludes halogenated alkanes) is 49. The van der Waals surface area contributed by atoms with E-state index in [9.17, 15) is 43.2 Å². The van der Waals surface area contributed by atoms with Crippen LogP contribution in [0.25, 0.3) is 0 Å². The average Bonchev–Trinajstić information content (AvgIpc) is 1.11. The molecule has 0 radical (unpaired) electrons. The number of carbonyl (C=O) groups excluding carboxylic acids is 4. The van der Waals surface area contributed by atoms with Gasteiger partial charge in [0.15, 0.2) is 12.2 Å². The van der Waals surface area contributed by atoms with Crippen molar-refractivity contribution in [3.05, 3.63) is 0 Å². The summed E-state index contributed by atoms with van der Waals surface area (Å²) in [5.74, 6) is -1.33. The van der Waals surface area contributed by atoms with Gasteiger partial charge in [0.1, 0.15) is 19.3 Å². The van der Waals surface area contributed by atoms with Gasteiger partial charge < -0.3 is 33.8 Å². The highest BCUT2D eigenvalue weighted by molar-refractivity contribution is 7.47. The van der Waals surface area contributed by atoms with E-state index in [4.69, 9.17) is 37.0 Å². The fraction of sp³-hybridized carbons (Fsp3) is 0.948. The van der Waals surface area contributed by atoms with Gasteiger partial charge in [-0.15, -0.1) is 0 Å². The summed E-state index contributed by atoms with van der Waals surface area (Å²) in [6, 6.07) is 0. The number of phosphoric ester groups is 2. The highest BCUT2D eigenvalue weighted by atomic mass is 31.2. The fourth-order valence-electron chi connectivity index (χ4n) is 11.9. The molecule has 0 bridgehead atoms. The van der Waals surface area contributed by atoms with Gasteiger partial charge in [0.25, 0.3) is 0 Å². The van der Waals surface area contributed by atoms with E-state index in [1.165, 1.54) is 225 Å². The van der Waals surface area contributed by atoms with Crippen molar-refractivity contribution in [3.8, 4) is 0 Å². The Morgan fingerprint density at radius 3 is 0.708 bits per heavy atom. The minimum atomic E-state index is -4.96. The van der Waals surface area contributed by atoms with E-state index in [-0.39, 0.29) is 25.7 Å². The molecule has 0 aliphatic rings. The quantitative estimate of drug-likeness (QED) is 0.0222. The third kappa shape index (κ3) is 70.5. The normalized spacial score (nSPS) is 13.9. The van der Waals surface area contributed by atoms with Crippen LogP contribution in [0.3, 0.4) is 0 Å². The van der Waals surface area contributed by atoms with Gasteiger partial charge in [-0.25, -0.2) is 9.13 Å². The zero-order valence-electron chi connectivity index (χ0n) is 62.5. The minimum absolute atomic E-state index is 0.107. The summed E-state index contributed by atoms with van der Waals surface area (Å²) in [7, 11) is -9.90. The molecular weight excluding hydrogens is 1260 g/mol. The summed E-state index contributed by atoms with van der Waals surface area (Å²) in [5.41, 5.74) is 0. The molecule has 0 fully saturated rings. The second kappa shape index (κ2) is 70.1. The highest BCUT2D eigenvalue weighted by Crippen LogP contribution is 2.45. The number of aliphatic hydroxyl groups excluding tert-OH is 1. The largest absolute Gasteiger partial charge is 0.472 e. The second-order valence-corrected chi connectivity index (χ2v) is 31.1. The molecule has 3 N–H and O–H groups in total. The van der Waals surface area contributed by atoms with E-state index in [2.05, 4.69) is 34.6 Å². The Labute approximate surface area is 588 Å². The van der Waals surface area contributed by atoms with E-state index in [1.807, 2.05) is 0 Å². The van der Waals surface area contributed by atoms with Crippen LogP contribution in [0.4, 0.5) is 0 Å². The number of ether oxygens (including phenoxy) is 4. The lowest BCUT2D eigenvalue weighted by Gasteiger charge is -2.21. The first-order valence-electron chi connectivity index (χ1n) is 40.1. The van der Waals surface area contributed by atoms with Gasteiger partial charge in [-0.1, -0.05) is 356 Å². The molecule has 0 spiro atoms. The minimum Gasteiger partial charge on any atom is -0.462 e. The van der Waals surface area contributed by atoms with Crippen molar-refractivity contribution >= 4 is 39.5 Å². The Balaban J connectivity index is 5.11. The number of aliphatic hydroxyl groups is 1. The van der Waals surface area contributed by atoms with Crippen LogP contribution in [0.1, 0.15) is 407 Å². The first-order valence-corrected chi connectivity index (χ1v) is 43.1. The van der Waals surface area contributed by atoms with Crippen molar-refractivity contribution in [1.82, 2.24) is 0 Å².